The Kier molecular flexibility index (Phi) is 33.6. The molecule has 0 unspecified atom stereocenters. The van der Waals surface area contributed by atoms with E-state index in [4.69, 9.17) is 0 Å². The van der Waals surface area contributed by atoms with Crippen LogP contribution < -0.4 is 0 Å². The third-order valence-corrected chi connectivity index (χ3v) is 24.8. The third kappa shape index (κ3) is 27.7. The lowest BCUT2D eigenvalue weighted by atomic mass is 9.73. The summed E-state index contributed by atoms with van der Waals surface area (Å²) in [5.41, 5.74) is 22.8. The van der Waals surface area contributed by atoms with E-state index in [-0.39, 0.29) is 90.7 Å². The maximum absolute atomic E-state index is 2.37. The van der Waals surface area contributed by atoms with Crippen LogP contribution in [0.25, 0.3) is 75.4 Å². The minimum Gasteiger partial charge on any atom is -0.0776 e. The molecule has 0 heterocycles. The number of rotatable bonds is 0. The molecule has 128 heavy (non-hydrogen) atoms. The Hall–Kier alpha value is -9.10. The van der Waals surface area contributed by atoms with E-state index in [0.29, 0.717) is 0 Å². The first-order valence-corrected chi connectivity index (χ1v) is 47.1. The Bertz CT molecular complexity index is 5660. The van der Waals surface area contributed by atoms with Crippen molar-refractivity contribution < 1.29 is 0 Å². The van der Waals surface area contributed by atoms with Crippen LogP contribution in [-0.2, 0) is 75.8 Å². The highest BCUT2D eigenvalue weighted by atomic mass is 14.3. The molecule has 0 N–H and O–H groups in total. The maximum Gasteiger partial charge on any atom is -0.0109 e. The summed E-state index contributed by atoms with van der Waals surface area (Å²) >= 11 is 0. The molecule has 0 amide bonds. The van der Waals surface area contributed by atoms with Crippen LogP contribution >= 0.6 is 0 Å². The summed E-state index contributed by atoms with van der Waals surface area (Å²) in [5.74, 6) is 0. The van der Waals surface area contributed by atoms with E-state index in [2.05, 4.69) is 546 Å². The zero-order valence-electron chi connectivity index (χ0n) is 87.2. The van der Waals surface area contributed by atoms with Gasteiger partial charge in [-0.25, -0.2) is 0 Å². The molecule has 0 spiro atoms. The first-order chi connectivity index (χ1) is 57.4. The van der Waals surface area contributed by atoms with Gasteiger partial charge in [0.2, 0.25) is 0 Å². The predicted octanol–water partition coefficient (Wildman–Crippen LogP) is 39.3. The van der Waals surface area contributed by atoms with E-state index in [1.165, 1.54) is 153 Å². The molecular formula is C128H176. The highest BCUT2D eigenvalue weighted by molar-refractivity contribution is 5.94. The van der Waals surface area contributed by atoms with Gasteiger partial charge in [-0.2, -0.15) is 0 Å². The molecule has 0 aromatic heterocycles. The van der Waals surface area contributed by atoms with Gasteiger partial charge in [0, 0.05) is 0 Å². The van der Waals surface area contributed by atoms with Gasteiger partial charge in [-0.05, 0) is 229 Å². The first kappa shape index (κ1) is 108. The largest absolute Gasteiger partial charge is 0.0776 e. The second-order valence-corrected chi connectivity index (χ2v) is 50.6. The van der Waals surface area contributed by atoms with E-state index in [0.717, 1.165) is 0 Å². The van der Waals surface area contributed by atoms with E-state index in [1.54, 1.807) is 0 Å². The van der Waals surface area contributed by atoms with Gasteiger partial charge >= 0.3 is 0 Å². The molecule has 0 saturated carbocycles. The zero-order chi connectivity index (χ0) is 94.9. The van der Waals surface area contributed by atoms with Gasteiger partial charge in [0.25, 0.3) is 0 Å². The summed E-state index contributed by atoms with van der Waals surface area (Å²) in [4.78, 5) is 0. The number of hydrogen-bond donors (Lipinski definition) is 0. The maximum atomic E-state index is 2.37. The SMILES string of the molecule is C.C.CC(C)(C)c1ccc(C(C)(C)C)c2ccccc12.CC(C)(C)c1ccc2cc(C(C)(C)C)ccc2c1.CC(C)(C)c1ccc2ccc(C(C)(C)C)cc2c1.CC(C)(C)c1ccc2cccc(C(C)(C)C)c2c1.CC(C)(C)c1ccc2ccccc2c1C(C)(C)C.CC(C)(C)c1cccc2c(C(C)(C)C)cccc12.CC(C)(C)c1cccc2cccc(C(C)(C)C)c12. The number of fused-ring (bicyclic) bond motifs is 7. The van der Waals surface area contributed by atoms with Crippen LogP contribution in [0.15, 0.2) is 255 Å². The van der Waals surface area contributed by atoms with Crippen molar-refractivity contribution in [3.63, 3.8) is 0 Å². The molecule has 14 aromatic carbocycles. The highest BCUT2D eigenvalue weighted by Gasteiger charge is 2.30. The summed E-state index contributed by atoms with van der Waals surface area (Å²) in [5, 5.41) is 19.3. The standard InChI is InChI=1S/7C18H24.2CH4/c1-17(2,3)15-11-7-10-14-13(15)9-8-12-16(14)18(4,5)6;1-17(2,3)15-9-7-14-12-16(18(4,5)6)10-8-13(14)11-15;1-17(2,3)15-9-7-13-8-10-16(18(4,5)6)12-14(13)11-15;1-17(2,3)14-11-7-9-13-10-8-12-15(16(13)14)18(4,5)6;1-17(2,3)14-11-10-13-8-7-9-16(15(13)12-14)18(4,5)6;1-17(2,3)15-11-12-16(18(4,5)6)14-10-8-7-9-13(14)15;1-17(2,3)15-12-11-13-9-7-8-10-14(13)16(15)18(4,5)6;;/h7*7-12H,1-6H3;2*1H4. The fraction of sp³-hybridized carbons (Fsp3) is 0.453. The minimum absolute atomic E-state index is 0. The molecule has 0 fully saturated rings. The summed E-state index contributed by atoms with van der Waals surface area (Å²) in [6.07, 6.45) is 0. The summed E-state index contributed by atoms with van der Waals surface area (Å²) < 4.78 is 0. The topological polar surface area (TPSA) is 0 Å². The Morgan fingerprint density at radius 1 is 0.125 bits per heavy atom. The van der Waals surface area contributed by atoms with Gasteiger partial charge in [0.1, 0.15) is 0 Å². The lowest BCUT2D eigenvalue weighted by molar-refractivity contribution is 0.534. The van der Waals surface area contributed by atoms with Crippen molar-refractivity contribution in [2.75, 3.05) is 0 Å². The molecular weight excluding hydrogens is 1540 g/mol. The van der Waals surface area contributed by atoms with E-state index in [9.17, 15) is 0 Å². The second kappa shape index (κ2) is 39.9. The van der Waals surface area contributed by atoms with E-state index < -0.39 is 0 Å². The van der Waals surface area contributed by atoms with Crippen molar-refractivity contribution >= 4 is 75.4 Å². The Morgan fingerprint density at radius 2 is 0.336 bits per heavy atom. The molecule has 0 aliphatic heterocycles. The van der Waals surface area contributed by atoms with Crippen LogP contribution in [0.3, 0.4) is 0 Å². The first-order valence-electron chi connectivity index (χ1n) is 47.1. The van der Waals surface area contributed by atoms with Gasteiger partial charge in [-0.1, -0.05) is 560 Å². The lowest BCUT2D eigenvalue weighted by Gasteiger charge is -2.31. The predicted molar refractivity (Wildman–Crippen MR) is 583 cm³/mol. The average molecular weight is 1710 g/mol. The molecule has 0 aliphatic rings. The quantitative estimate of drug-likeness (QED) is 0.142. The molecule has 14 aromatic rings. The van der Waals surface area contributed by atoms with Crippen LogP contribution in [0.1, 0.15) is 384 Å². The molecule has 0 atom stereocenters. The second-order valence-electron chi connectivity index (χ2n) is 50.6. The molecule has 14 rings (SSSR count). The van der Waals surface area contributed by atoms with Crippen LogP contribution in [0.5, 0.6) is 0 Å². The molecule has 0 heteroatoms. The van der Waals surface area contributed by atoms with Crippen molar-refractivity contribution in [3.8, 4) is 0 Å². The van der Waals surface area contributed by atoms with Crippen LogP contribution in [-0.4, -0.2) is 0 Å². The molecule has 0 aliphatic carbocycles. The smallest absolute Gasteiger partial charge is 0.0109 e. The van der Waals surface area contributed by atoms with Gasteiger partial charge in [0.05, 0.1) is 0 Å². The van der Waals surface area contributed by atoms with Gasteiger partial charge in [0.15, 0.2) is 0 Å². The summed E-state index contributed by atoms with van der Waals surface area (Å²) in [6, 6.07) is 94.3. The molecule has 0 bridgehead atoms. The number of hydrogen-bond acceptors (Lipinski definition) is 0. The van der Waals surface area contributed by atoms with Crippen molar-refractivity contribution in [2.45, 2.75) is 381 Å². The molecule has 0 nitrogen and oxygen atoms in total. The van der Waals surface area contributed by atoms with Crippen molar-refractivity contribution in [1.29, 1.82) is 0 Å². The Morgan fingerprint density at radius 3 is 0.648 bits per heavy atom. The molecule has 0 radical (unpaired) electrons. The fourth-order valence-corrected chi connectivity index (χ4v) is 17.3. The Labute approximate surface area is 784 Å². The van der Waals surface area contributed by atoms with Crippen LogP contribution in [0.4, 0.5) is 0 Å². The average Bonchev–Trinajstić information content (AvgIpc) is 0.969. The monoisotopic (exact) mass is 1710 g/mol. The van der Waals surface area contributed by atoms with Gasteiger partial charge < -0.3 is 0 Å². The zero-order valence-corrected chi connectivity index (χ0v) is 87.2. The Balaban J connectivity index is 0.000000230. The highest BCUT2D eigenvalue weighted by Crippen LogP contribution is 2.44. The van der Waals surface area contributed by atoms with Crippen molar-refractivity contribution in [1.82, 2.24) is 0 Å². The van der Waals surface area contributed by atoms with E-state index >= 15 is 0 Å². The molecule has 0 saturated heterocycles. The normalized spacial score (nSPS) is 12.8. The molecule has 688 valence electrons. The fourth-order valence-electron chi connectivity index (χ4n) is 17.3. The minimum atomic E-state index is 0. The lowest BCUT2D eigenvalue weighted by Crippen LogP contribution is -2.22. The van der Waals surface area contributed by atoms with Crippen molar-refractivity contribution in [3.05, 3.63) is 333 Å². The number of benzene rings is 14. The van der Waals surface area contributed by atoms with Crippen molar-refractivity contribution in [2.24, 2.45) is 0 Å². The summed E-state index contributed by atoms with van der Waals surface area (Å²) in [7, 11) is 0. The summed E-state index contributed by atoms with van der Waals surface area (Å²) in [6.45, 7) is 95.8. The third-order valence-electron chi connectivity index (χ3n) is 24.8. The van der Waals surface area contributed by atoms with Crippen LogP contribution in [0, 0.1) is 0 Å². The van der Waals surface area contributed by atoms with Gasteiger partial charge in [-0.15, -0.1) is 0 Å². The van der Waals surface area contributed by atoms with Crippen LogP contribution in [0.2, 0.25) is 0 Å². The van der Waals surface area contributed by atoms with E-state index in [1.807, 2.05) is 0 Å². The van der Waals surface area contributed by atoms with Gasteiger partial charge in [-0.3, -0.25) is 0 Å².